The van der Waals surface area contributed by atoms with Crippen LogP contribution >= 0.6 is 0 Å². The molecule has 5 nitrogen and oxygen atoms in total. The van der Waals surface area contributed by atoms with Crippen molar-refractivity contribution in [2.45, 2.75) is 26.7 Å². The third kappa shape index (κ3) is 4.30. The van der Waals surface area contributed by atoms with E-state index < -0.39 is 5.97 Å². The molecule has 0 saturated carbocycles. The summed E-state index contributed by atoms with van der Waals surface area (Å²) in [6, 6.07) is 15.6. The van der Waals surface area contributed by atoms with Crippen molar-refractivity contribution >= 4 is 18.0 Å². The molecule has 26 heavy (non-hydrogen) atoms. The molecule has 0 radical (unpaired) electrons. The van der Waals surface area contributed by atoms with Crippen LogP contribution in [-0.4, -0.2) is 23.5 Å². The number of carbonyl (C=O) groups is 2. The summed E-state index contributed by atoms with van der Waals surface area (Å²) in [4.78, 5) is 27.8. The predicted molar refractivity (Wildman–Crippen MR) is 98.4 cm³/mol. The van der Waals surface area contributed by atoms with Crippen LogP contribution in [0.2, 0.25) is 0 Å². The fourth-order valence-corrected chi connectivity index (χ4v) is 2.95. The zero-order valence-corrected chi connectivity index (χ0v) is 14.9. The summed E-state index contributed by atoms with van der Waals surface area (Å²) in [5.41, 5.74) is 3.23. The molecule has 0 heterocycles. The van der Waals surface area contributed by atoms with Crippen LogP contribution < -0.4 is 4.74 Å². The van der Waals surface area contributed by atoms with Crippen LogP contribution in [0.1, 0.15) is 31.4 Å². The van der Waals surface area contributed by atoms with Gasteiger partial charge in [0.15, 0.2) is 0 Å². The molecule has 1 amide bonds. The number of benzene rings is 2. The first-order valence-electron chi connectivity index (χ1n) is 8.54. The maximum atomic E-state index is 11.7. The van der Waals surface area contributed by atoms with E-state index in [1.54, 1.807) is 0 Å². The molecule has 1 aliphatic rings. The molecule has 2 aromatic rings. The van der Waals surface area contributed by atoms with Gasteiger partial charge >= 0.3 is 5.97 Å². The van der Waals surface area contributed by atoms with Gasteiger partial charge in [-0.2, -0.15) is 5.06 Å². The Bertz CT molecular complexity index is 842. The highest BCUT2D eigenvalue weighted by Gasteiger charge is 2.19. The molecule has 0 aromatic heterocycles. The Balaban J connectivity index is 1.80. The number of para-hydroxylation sites is 1. The number of amides is 1. The Morgan fingerprint density at radius 3 is 2.46 bits per heavy atom. The number of hydrogen-bond donors (Lipinski definition) is 0. The van der Waals surface area contributed by atoms with E-state index in [-0.39, 0.29) is 12.5 Å². The number of nitrogens with zero attached hydrogens (tertiary/aromatic N) is 1. The molecule has 1 aliphatic carbocycles. The number of carbonyl (C=O) groups excluding carboxylic acids is 2. The summed E-state index contributed by atoms with van der Waals surface area (Å²) in [6.45, 7) is 2.94. The number of rotatable bonds is 4. The van der Waals surface area contributed by atoms with E-state index in [4.69, 9.17) is 9.57 Å². The molecule has 5 heteroatoms. The van der Waals surface area contributed by atoms with Gasteiger partial charge in [-0.25, -0.2) is 0 Å². The summed E-state index contributed by atoms with van der Waals surface area (Å²) < 4.78 is 6.02. The number of hydroxylamine groups is 2. The molecule has 0 spiro atoms. The van der Waals surface area contributed by atoms with E-state index in [1.165, 1.54) is 13.8 Å². The first-order chi connectivity index (χ1) is 12.5. The van der Waals surface area contributed by atoms with E-state index in [9.17, 15) is 9.59 Å². The van der Waals surface area contributed by atoms with Gasteiger partial charge in [0.25, 0.3) is 5.91 Å². The van der Waals surface area contributed by atoms with Crippen molar-refractivity contribution in [1.29, 1.82) is 0 Å². The van der Waals surface area contributed by atoms with Crippen LogP contribution in [0.3, 0.4) is 0 Å². The molecular weight excluding hydrogens is 330 g/mol. The van der Waals surface area contributed by atoms with E-state index in [0.717, 1.165) is 46.1 Å². The lowest BCUT2D eigenvalue weighted by Crippen LogP contribution is -2.33. The molecule has 0 saturated heterocycles. The van der Waals surface area contributed by atoms with Crippen molar-refractivity contribution in [1.82, 2.24) is 5.06 Å². The maximum absolute atomic E-state index is 11.7. The van der Waals surface area contributed by atoms with Gasteiger partial charge in [0.05, 0.1) is 6.54 Å². The Labute approximate surface area is 152 Å². The smallest absolute Gasteiger partial charge is 0.329 e. The van der Waals surface area contributed by atoms with Gasteiger partial charge in [-0.3, -0.25) is 9.59 Å². The number of fused-ring (bicyclic) bond motifs is 1. The first kappa shape index (κ1) is 17.7. The van der Waals surface area contributed by atoms with E-state index in [1.807, 2.05) is 54.6 Å². The lowest BCUT2D eigenvalue weighted by molar-refractivity contribution is -0.193. The van der Waals surface area contributed by atoms with Crippen molar-refractivity contribution in [3.05, 3.63) is 65.2 Å². The van der Waals surface area contributed by atoms with Gasteiger partial charge in [0.2, 0.25) is 0 Å². The first-order valence-corrected chi connectivity index (χ1v) is 8.54. The molecule has 2 aromatic carbocycles. The molecule has 3 rings (SSSR count). The summed E-state index contributed by atoms with van der Waals surface area (Å²) in [5.74, 6) is 0.837. The third-order valence-electron chi connectivity index (χ3n) is 4.13. The molecule has 0 bridgehead atoms. The monoisotopic (exact) mass is 351 g/mol. The summed E-state index contributed by atoms with van der Waals surface area (Å²) in [7, 11) is 0. The summed E-state index contributed by atoms with van der Waals surface area (Å²) >= 11 is 0. The van der Waals surface area contributed by atoms with Crippen LogP contribution in [0.25, 0.3) is 6.08 Å². The van der Waals surface area contributed by atoms with Crippen molar-refractivity contribution in [3.8, 4) is 11.5 Å². The molecule has 0 atom stereocenters. The fourth-order valence-electron chi connectivity index (χ4n) is 2.95. The highest BCUT2D eigenvalue weighted by atomic mass is 16.7. The number of ether oxygens (including phenoxy) is 1. The molecular formula is C21H21NO4. The minimum Gasteiger partial charge on any atom is -0.457 e. The Kier molecular flexibility index (Phi) is 5.37. The average molecular weight is 351 g/mol. The Hall–Kier alpha value is -3.08. The van der Waals surface area contributed by atoms with Crippen LogP contribution in [0.4, 0.5) is 0 Å². The lowest BCUT2D eigenvalue weighted by atomic mass is 9.91. The zero-order valence-electron chi connectivity index (χ0n) is 14.9. The molecule has 0 N–H and O–H groups in total. The van der Waals surface area contributed by atoms with Gasteiger partial charge in [-0.1, -0.05) is 36.4 Å². The quantitative estimate of drug-likeness (QED) is 0.777. The molecule has 0 aliphatic heterocycles. The lowest BCUT2D eigenvalue weighted by Gasteiger charge is -2.24. The van der Waals surface area contributed by atoms with Gasteiger partial charge in [0, 0.05) is 19.4 Å². The summed E-state index contributed by atoms with van der Waals surface area (Å²) in [5, 5.41) is 1.10. The molecule has 0 unspecified atom stereocenters. The summed E-state index contributed by atoms with van der Waals surface area (Å²) in [6.07, 6.45) is 3.61. The van der Waals surface area contributed by atoms with Crippen LogP contribution in [0, 0.1) is 0 Å². The standard InChI is InChI=1S/C21H21NO4/c1-15(23)22(26-16(2)24)14-17-11-12-20-18(13-17)7-6-10-21(20)25-19-8-4-3-5-9-19/h3-10,13H,11-12,14H2,1-2H3. The molecule has 0 fully saturated rings. The third-order valence-corrected chi connectivity index (χ3v) is 4.13. The zero-order chi connectivity index (χ0) is 18.5. The normalized spacial score (nSPS) is 12.6. The average Bonchev–Trinajstić information content (AvgIpc) is 2.61. The largest absolute Gasteiger partial charge is 0.457 e. The second kappa shape index (κ2) is 7.87. The second-order valence-corrected chi connectivity index (χ2v) is 6.18. The van der Waals surface area contributed by atoms with Gasteiger partial charge < -0.3 is 9.57 Å². The van der Waals surface area contributed by atoms with Crippen LogP contribution in [0.15, 0.2) is 54.1 Å². The van der Waals surface area contributed by atoms with E-state index >= 15 is 0 Å². The van der Waals surface area contributed by atoms with Crippen LogP contribution in [0.5, 0.6) is 11.5 Å². The van der Waals surface area contributed by atoms with Gasteiger partial charge in [-0.05, 0) is 42.2 Å². The van der Waals surface area contributed by atoms with Crippen molar-refractivity contribution in [2.75, 3.05) is 6.54 Å². The molecule has 134 valence electrons. The van der Waals surface area contributed by atoms with Crippen molar-refractivity contribution in [2.24, 2.45) is 0 Å². The minimum atomic E-state index is -0.504. The number of hydrogen-bond acceptors (Lipinski definition) is 4. The minimum absolute atomic E-state index is 0.276. The van der Waals surface area contributed by atoms with Crippen molar-refractivity contribution < 1.29 is 19.2 Å². The second-order valence-electron chi connectivity index (χ2n) is 6.18. The Morgan fingerprint density at radius 1 is 1.00 bits per heavy atom. The maximum Gasteiger partial charge on any atom is 0.329 e. The SMILES string of the molecule is CC(=O)ON(CC1=Cc2cccc(Oc3ccccc3)c2CC1)C(C)=O. The van der Waals surface area contributed by atoms with Gasteiger partial charge in [0.1, 0.15) is 11.5 Å². The van der Waals surface area contributed by atoms with Crippen LogP contribution in [-0.2, 0) is 20.8 Å². The van der Waals surface area contributed by atoms with E-state index in [2.05, 4.69) is 0 Å². The predicted octanol–water partition coefficient (Wildman–Crippen LogP) is 4.14. The fraction of sp³-hybridized carbons (Fsp3) is 0.238. The highest BCUT2D eigenvalue weighted by Crippen LogP contribution is 2.34. The van der Waals surface area contributed by atoms with E-state index in [0.29, 0.717) is 0 Å². The van der Waals surface area contributed by atoms with Gasteiger partial charge in [-0.15, -0.1) is 0 Å². The van der Waals surface area contributed by atoms with Crippen molar-refractivity contribution in [3.63, 3.8) is 0 Å². The topological polar surface area (TPSA) is 55.8 Å². The Morgan fingerprint density at radius 2 is 1.77 bits per heavy atom. The highest BCUT2D eigenvalue weighted by molar-refractivity contribution is 5.76.